The van der Waals surface area contributed by atoms with Gasteiger partial charge >= 0.3 is 6.01 Å². The van der Waals surface area contributed by atoms with Gasteiger partial charge in [0.2, 0.25) is 0 Å². The van der Waals surface area contributed by atoms with E-state index in [0.29, 0.717) is 5.75 Å². The standard InChI is InChI=1S/C21H21BrN2O4/c1-2-10-3-4-12(27-21-23-8-11(22)9-24-21)7-13(10)16-19(25)17-14-5-6-15(28-14)18(17)20(16)26/h3-4,7-9,14-19,25H,2,5-6H2,1H3. The molecular weight excluding hydrogens is 424 g/mol. The van der Waals surface area contributed by atoms with Crippen molar-refractivity contribution >= 4 is 21.7 Å². The van der Waals surface area contributed by atoms with Crippen LogP contribution >= 0.6 is 15.9 Å². The van der Waals surface area contributed by atoms with Gasteiger partial charge in [-0.15, -0.1) is 0 Å². The third kappa shape index (κ3) is 2.79. The van der Waals surface area contributed by atoms with E-state index in [9.17, 15) is 9.90 Å². The molecule has 2 aliphatic heterocycles. The molecule has 5 rings (SSSR count). The number of nitrogens with zero attached hydrogens (tertiary/aromatic N) is 2. The number of ether oxygens (including phenoxy) is 2. The Balaban J connectivity index is 1.48. The van der Waals surface area contributed by atoms with Gasteiger partial charge in [0.25, 0.3) is 0 Å². The number of aryl methyl sites for hydroxylation is 1. The lowest BCUT2D eigenvalue weighted by Gasteiger charge is -2.23. The van der Waals surface area contributed by atoms with Gasteiger partial charge in [-0.3, -0.25) is 4.79 Å². The molecule has 3 fully saturated rings. The van der Waals surface area contributed by atoms with Crippen molar-refractivity contribution in [2.24, 2.45) is 11.8 Å². The quantitative estimate of drug-likeness (QED) is 0.777. The summed E-state index contributed by atoms with van der Waals surface area (Å²) in [7, 11) is 0. The summed E-state index contributed by atoms with van der Waals surface area (Å²) in [6, 6.07) is 5.91. The number of hydrogen-bond donors (Lipinski definition) is 1. The average molecular weight is 445 g/mol. The van der Waals surface area contributed by atoms with Gasteiger partial charge in [0, 0.05) is 18.3 Å². The van der Waals surface area contributed by atoms with Crippen molar-refractivity contribution in [1.29, 1.82) is 0 Å². The van der Waals surface area contributed by atoms with E-state index in [2.05, 4.69) is 32.8 Å². The number of fused-ring (bicyclic) bond motifs is 5. The number of hydrogen-bond acceptors (Lipinski definition) is 6. The molecule has 1 saturated carbocycles. The molecule has 7 heteroatoms. The summed E-state index contributed by atoms with van der Waals surface area (Å²) in [4.78, 5) is 21.5. The van der Waals surface area contributed by atoms with Crippen LogP contribution in [0.15, 0.2) is 35.1 Å². The number of rotatable bonds is 4. The molecule has 6 unspecified atom stereocenters. The smallest absolute Gasteiger partial charge is 0.321 e. The minimum absolute atomic E-state index is 0.0135. The minimum Gasteiger partial charge on any atom is -0.424 e. The van der Waals surface area contributed by atoms with Crippen molar-refractivity contribution in [3.63, 3.8) is 0 Å². The van der Waals surface area contributed by atoms with Crippen LogP contribution in [0.3, 0.4) is 0 Å². The normalized spacial score (nSPS) is 33.3. The van der Waals surface area contributed by atoms with Crippen molar-refractivity contribution in [2.45, 2.75) is 50.4 Å². The zero-order valence-electron chi connectivity index (χ0n) is 15.4. The monoisotopic (exact) mass is 444 g/mol. The molecular formula is C21H21BrN2O4. The Labute approximate surface area is 171 Å². The van der Waals surface area contributed by atoms with Crippen LogP contribution in [0, 0.1) is 11.8 Å². The van der Waals surface area contributed by atoms with Crippen LogP contribution in [-0.2, 0) is 16.0 Å². The van der Waals surface area contributed by atoms with Crippen molar-refractivity contribution in [3.8, 4) is 11.8 Å². The Morgan fingerprint density at radius 2 is 2.00 bits per heavy atom. The van der Waals surface area contributed by atoms with E-state index in [1.165, 1.54) is 0 Å². The minimum atomic E-state index is -0.711. The third-order valence-electron chi connectivity index (χ3n) is 6.34. The highest BCUT2D eigenvalue weighted by molar-refractivity contribution is 9.10. The number of Topliss-reactive ketones (excluding diaryl/α,β-unsaturated/α-hetero) is 1. The second-order valence-electron chi connectivity index (χ2n) is 7.76. The van der Waals surface area contributed by atoms with Gasteiger partial charge in [-0.2, -0.15) is 0 Å². The van der Waals surface area contributed by atoms with Gasteiger partial charge in [0.15, 0.2) is 0 Å². The first-order chi connectivity index (χ1) is 13.6. The molecule has 1 aliphatic carbocycles. The van der Waals surface area contributed by atoms with Gasteiger partial charge in [-0.25, -0.2) is 9.97 Å². The number of aliphatic hydroxyl groups excluding tert-OH is 1. The molecule has 0 spiro atoms. The lowest BCUT2D eigenvalue weighted by atomic mass is 9.81. The highest BCUT2D eigenvalue weighted by atomic mass is 79.9. The SMILES string of the molecule is CCc1ccc(Oc2ncc(Br)cn2)cc1C1C(=O)C2C3CCC(O3)C2C1O. The predicted octanol–water partition coefficient (Wildman–Crippen LogP) is 3.41. The number of aliphatic hydroxyl groups is 1. The fourth-order valence-corrected chi connectivity index (χ4v) is 5.37. The number of halogens is 1. The second kappa shape index (κ2) is 6.90. The Morgan fingerprint density at radius 3 is 2.71 bits per heavy atom. The van der Waals surface area contributed by atoms with E-state index in [0.717, 1.165) is 34.9 Å². The van der Waals surface area contributed by atoms with E-state index in [1.807, 2.05) is 18.2 Å². The van der Waals surface area contributed by atoms with E-state index < -0.39 is 12.0 Å². The zero-order valence-corrected chi connectivity index (χ0v) is 17.0. The first-order valence-corrected chi connectivity index (χ1v) is 10.5. The molecule has 2 saturated heterocycles. The van der Waals surface area contributed by atoms with E-state index in [-0.39, 0.29) is 35.8 Å². The second-order valence-corrected chi connectivity index (χ2v) is 8.68. The van der Waals surface area contributed by atoms with Gasteiger partial charge in [-0.1, -0.05) is 13.0 Å². The fourth-order valence-electron chi connectivity index (χ4n) is 5.16. The molecule has 1 N–H and O–H groups in total. The highest BCUT2D eigenvalue weighted by Crippen LogP contribution is 2.54. The summed E-state index contributed by atoms with van der Waals surface area (Å²) < 4.78 is 12.5. The maximum absolute atomic E-state index is 13.3. The molecule has 28 heavy (non-hydrogen) atoms. The van der Waals surface area contributed by atoms with Crippen LogP contribution in [0.5, 0.6) is 11.8 Å². The van der Waals surface area contributed by atoms with Crippen LogP contribution in [-0.4, -0.2) is 39.2 Å². The Morgan fingerprint density at radius 1 is 1.25 bits per heavy atom. The summed E-state index contributed by atoms with van der Waals surface area (Å²) in [6.45, 7) is 2.05. The molecule has 0 radical (unpaired) electrons. The first kappa shape index (κ1) is 18.2. The van der Waals surface area contributed by atoms with Gasteiger partial charge in [0.1, 0.15) is 11.5 Å². The predicted molar refractivity (Wildman–Crippen MR) is 104 cm³/mol. The number of aromatic nitrogens is 2. The largest absolute Gasteiger partial charge is 0.424 e. The zero-order chi connectivity index (χ0) is 19.4. The van der Waals surface area contributed by atoms with Crippen molar-refractivity contribution < 1.29 is 19.4 Å². The lowest BCUT2D eigenvalue weighted by molar-refractivity contribution is -0.124. The van der Waals surface area contributed by atoms with E-state index in [1.54, 1.807) is 12.4 Å². The summed E-state index contributed by atoms with van der Waals surface area (Å²) in [5.41, 5.74) is 1.90. The molecule has 3 heterocycles. The van der Waals surface area contributed by atoms with E-state index in [4.69, 9.17) is 9.47 Å². The molecule has 0 amide bonds. The van der Waals surface area contributed by atoms with Gasteiger partial charge < -0.3 is 14.6 Å². The molecule has 6 atom stereocenters. The van der Waals surface area contributed by atoms with Crippen molar-refractivity contribution in [3.05, 3.63) is 46.2 Å². The molecule has 6 nitrogen and oxygen atoms in total. The molecule has 2 aromatic rings. The van der Waals surface area contributed by atoms with Crippen LogP contribution < -0.4 is 4.74 Å². The molecule has 2 bridgehead atoms. The van der Waals surface area contributed by atoms with Crippen LogP contribution in [0.25, 0.3) is 0 Å². The topological polar surface area (TPSA) is 81.5 Å². The average Bonchev–Trinajstić information content (AvgIpc) is 3.37. The first-order valence-electron chi connectivity index (χ1n) is 9.72. The lowest BCUT2D eigenvalue weighted by Crippen LogP contribution is -2.31. The van der Waals surface area contributed by atoms with E-state index >= 15 is 0 Å². The van der Waals surface area contributed by atoms with Gasteiger partial charge in [-0.05, 0) is 58.5 Å². The molecule has 3 aliphatic rings. The number of benzene rings is 1. The fraction of sp³-hybridized carbons (Fsp3) is 0.476. The highest BCUT2D eigenvalue weighted by Gasteiger charge is 2.62. The van der Waals surface area contributed by atoms with Crippen LogP contribution in [0.4, 0.5) is 0 Å². The molecule has 146 valence electrons. The Bertz CT molecular complexity index is 919. The van der Waals surface area contributed by atoms with Crippen molar-refractivity contribution in [1.82, 2.24) is 9.97 Å². The van der Waals surface area contributed by atoms with Crippen LogP contribution in [0.2, 0.25) is 0 Å². The number of carbonyl (C=O) groups excluding carboxylic acids is 1. The summed E-state index contributed by atoms with van der Waals surface area (Å²) in [6.07, 6.45) is 5.14. The summed E-state index contributed by atoms with van der Waals surface area (Å²) in [5, 5.41) is 11.1. The Hall–Kier alpha value is -1.83. The van der Waals surface area contributed by atoms with Crippen LogP contribution in [0.1, 0.15) is 36.8 Å². The molecule has 1 aromatic carbocycles. The molecule has 1 aromatic heterocycles. The maximum Gasteiger partial charge on any atom is 0.321 e. The number of carbonyl (C=O) groups is 1. The van der Waals surface area contributed by atoms with Crippen molar-refractivity contribution in [2.75, 3.05) is 0 Å². The Kier molecular flexibility index (Phi) is 4.49. The summed E-state index contributed by atoms with van der Waals surface area (Å²) >= 11 is 3.30. The maximum atomic E-state index is 13.3. The van der Waals surface area contributed by atoms with Gasteiger partial charge in [0.05, 0.1) is 34.6 Å². The number of ketones is 1. The summed E-state index contributed by atoms with van der Waals surface area (Å²) in [5.74, 6) is -0.114. The third-order valence-corrected chi connectivity index (χ3v) is 6.75.